The Morgan fingerprint density at radius 3 is 3.26 bits per heavy atom. The number of nitrogens with zero attached hydrogens (tertiary/aromatic N) is 1. The summed E-state index contributed by atoms with van der Waals surface area (Å²) in [5.41, 5.74) is 10.7. The van der Waals surface area contributed by atoms with Crippen LogP contribution >= 0.6 is 11.3 Å². The van der Waals surface area contributed by atoms with Crippen molar-refractivity contribution in [2.24, 2.45) is 5.92 Å². The molecule has 0 bridgehead atoms. The van der Waals surface area contributed by atoms with Gasteiger partial charge in [0.25, 0.3) is 0 Å². The lowest BCUT2D eigenvalue weighted by Crippen LogP contribution is -2.23. The van der Waals surface area contributed by atoms with E-state index < -0.39 is 0 Å². The van der Waals surface area contributed by atoms with E-state index in [1.54, 1.807) is 11.3 Å². The number of anilines is 2. The Kier molecular flexibility index (Phi) is 3.57. The summed E-state index contributed by atoms with van der Waals surface area (Å²) in [6.07, 6.45) is 2.59. The minimum atomic E-state index is 0.386. The standard InChI is InChI=1S/C14H19N3OS/c1-2-11-9(5-6-18-11)7-16-10-3-4-12-14(13(10)15)17-8-19-12/h3-4,8-9,11,16H,2,5-7,15H2,1H3. The monoisotopic (exact) mass is 277 g/mol. The number of hydrogen-bond acceptors (Lipinski definition) is 5. The maximum Gasteiger partial charge on any atom is 0.106 e. The normalized spacial score (nSPS) is 23.0. The summed E-state index contributed by atoms with van der Waals surface area (Å²) in [7, 11) is 0. The fourth-order valence-electron chi connectivity index (χ4n) is 2.72. The predicted octanol–water partition coefficient (Wildman–Crippen LogP) is 3.11. The van der Waals surface area contributed by atoms with Gasteiger partial charge in [0.05, 0.1) is 27.7 Å². The van der Waals surface area contributed by atoms with Crippen molar-refractivity contribution in [3.05, 3.63) is 17.6 Å². The van der Waals surface area contributed by atoms with E-state index in [2.05, 4.69) is 23.3 Å². The summed E-state index contributed by atoms with van der Waals surface area (Å²) < 4.78 is 6.85. The van der Waals surface area contributed by atoms with Crippen molar-refractivity contribution >= 4 is 32.9 Å². The van der Waals surface area contributed by atoms with Gasteiger partial charge in [0.2, 0.25) is 0 Å². The molecule has 5 heteroatoms. The second kappa shape index (κ2) is 5.35. The van der Waals surface area contributed by atoms with Crippen LogP contribution in [0.15, 0.2) is 17.6 Å². The molecule has 2 unspecified atom stereocenters. The number of nitrogens with one attached hydrogen (secondary N) is 1. The Balaban J connectivity index is 1.73. The molecule has 3 rings (SSSR count). The third kappa shape index (κ3) is 2.40. The quantitative estimate of drug-likeness (QED) is 0.843. The zero-order valence-electron chi connectivity index (χ0n) is 11.1. The highest BCUT2D eigenvalue weighted by Gasteiger charge is 2.26. The van der Waals surface area contributed by atoms with Crippen molar-refractivity contribution < 1.29 is 4.74 Å². The maximum absolute atomic E-state index is 6.17. The molecule has 1 aliphatic heterocycles. The molecule has 2 aromatic rings. The van der Waals surface area contributed by atoms with Crippen molar-refractivity contribution in [1.82, 2.24) is 4.98 Å². The molecular weight excluding hydrogens is 258 g/mol. The number of thiazole rings is 1. The molecule has 0 radical (unpaired) electrons. The topological polar surface area (TPSA) is 60.2 Å². The van der Waals surface area contributed by atoms with Crippen LogP contribution in [0.3, 0.4) is 0 Å². The third-order valence-electron chi connectivity index (χ3n) is 3.84. The first kappa shape index (κ1) is 12.7. The minimum Gasteiger partial charge on any atom is -0.395 e. The molecule has 1 aromatic heterocycles. The van der Waals surface area contributed by atoms with Crippen LogP contribution in [0.5, 0.6) is 0 Å². The molecule has 3 N–H and O–H groups in total. The van der Waals surface area contributed by atoms with Gasteiger partial charge in [-0.2, -0.15) is 0 Å². The molecule has 2 atom stereocenters. The van der Waals surface area contributed by atoms with Crippen LogP contribution in [0, 0.1) is 5.92 Å². The van der Waals surface area contributed by atoms with Gasteiger partial charge in [0.1, 0.15) is 5.52 Å². The Hall–Kier alpha value is -1.33. The van der Waals surface area contributed by atoms with E-state index >= 15 is 0 Å². The number of rotatable bonds is 4. The maximum atomic E-state index is 6.17. The van der Waals surface area contributed by atoms with E-state index in [4.69, 9.17) is 10.5 Å². The summed E-state index contributed by atoms with van der Waals surface area (Å²) in [5.74, 6) is 0.579. The Bertz CT molecular complexity index is 569. The van der Waals surface area contributed by atoms with Gasteiger partial charge < -0.3 is 15.8 Å². The van der Waals surface area contributed by atoms with E-state index in [0.29, 0.717) is 12.0 Å². The first-order valence-electron chi connectivity index (χ1n) is 6.76. The van der Waals surface area contributed by atoms with Crippen LogP contribution < -0.4 is 11.1 Å². The number of fused-ring (bicyclic) bond motifs is 1. The minimum absolute atomic E-state index is 0.386. The molecule has 0 amide bonds. The summed E-state index contributed by atoms with van der Waals surface area (Å²) in [6.45, 7) is 3.97. The highest BCUT2D eigenvalue weighted by Crippen LogP contribution is 2.31. The van der Waals surface area contributed by atoms with Gasteiger partial charge in [-0.1, -0.05) is 6.92 Å². The average Bonchev–Trinajstić information content (AvgIpc) is 3.06. The van der Waals surface area contributed by atoms with Gasteiger partial charge in [0.15, 0.2) is 0 Å². The van der Waals surface area contributed by atoms with E-state index in [9.17, 15) is 0 Å². The van der Waals surface area contributed by atoms with E-state index in [0.717, 1.165) is 47.6 Å². The van der Waals surface area contributed by atoms with Crippen molar-refractivity contribution in [3.8, 4) is 0 Å². The van der Waals surface area contributed by atoms with Gasteiger partial charge in [-0.25, -0.2) is 4.98 Å². The van der Waals surface area contributed by atoms with Gasteiger partial charge in [-0.05, 0) is 25.0 Å². The molecule has 1 fully saturated rings. The van der Waals surface area contributed by atoms with Crippen LogP contribution in [0.2, 0.25) is 0 Å². The van der Waals surface area contributed by atoms with Gasteiger partial charge in [-0.3, -0.25) is 0 Å². The highest BCUT2D eigenvalue weighted by atomic mass is 32.1. The molecule has 0 aliphatic carbocycles. The van der Waals surface area contributed by atoms with Crippen molar-refractivity contribution in [3.63, 3.8) is 0 Å². The lowest BCUT2D eigenvalue weighted by molar-refractivity contribution is 0.0900. The molecule has 102 valence electrons. The fraction of sp³-hybridized carbons (Fsp3) is 0.500. The number of aromatic nitrogens is 1. The first-order valence-corrected chi connectivity index (χ1v) is 7.64. The molecule has 1 aliphatic rings. The number of hydrogen-bond donors (Lipinski definition) is 2. The Labute approximate surface area is 117 Å². The SMILES string of the molecule is CCC1OCCC1CNc1ccc2scnc2c1N. The molecule has 19 heavy (non-hydrogen) atoms. The number of nitrogens with two attached hydrogens (primary N) is 1. The predicted molar refractivity (Wildman–Crippen MR) is 80.7 cm³/mol. The zero-order chi connectivity index (χ0) is 13.2. The summed E-state index contributed by atoms with van der Waals surface area (Å²) in [4.78, 5) is 4.32. The van der Waals surface area contributed by atoms with Crippen LogP contribution in [0.25, 0.3) is 10.2 Å². The van der Waals surface area contributed by atoms with Crippen molar-refractivity contribution in [2.45, 2.75) is 25.9 Å². The first-order chi connectivity index (χ1) is 9.29. The smallest absolute Gasteiger partial charge is 0.106 e. The lowest BCUT2D eigenvalue weighted by Gasteiger charge is -2.18. The van der Waals surface area contributed by atoms with Gasteiger partial charge in [0, 0.05) is 19.1 Å². The lowest BCUT2D eigenvalue weighted by atomic mass is 9.99. The zero-order valence-corrected chi connectivity index (χ0v) is 11.9. The Morgan fingerprint density at radius 1 is 1.53 bits per heavy atom. The van der Waals surface area contributed by atoms with Gasteiger partial charge in [-0.15, -0.1) is 11.3 Å². The summed E-state index contributed by atoms with van der Waals surface area (Å²) in [6, 6.07) is 4.13. The molecule has 1 saturated heterocycles. The van der Waals surface area contributed by atoms with Gasteiger partial charge >= 0.3 is 0 Å². The van der Waals surface area contributed by atoms with Crippen LogP contribution in [-0.4, -0.2) is 24.2 Å². The average molecular weight is 277 g/mol. The molecule has 4 nitrogen and oxygen atoms in total. The van der Waals surface area contributed by atoms with Crippen LogP contribution in [0.1, 0.15) is 19.8 Å². The molecule has 2 heterocycles. The highest BCUT2D eigenvalue weighted by molar-refractivity contribution is 7.16. The van der Waals surface area contributed by atoms with E-state index in [1.807, 2.05) is 11.6 Å². The van der Waals surface area contributed by atoms with E-state index in [-0.39, 0.29) is 0 Å². The molecular formula is C14H19N3OS. The van der Waals surface area contributed by atoms with Crippen molar-refractivity contribution in [2.75, 3.05) is 24.2 Å². The summed E-state index contributed by atoms with van der Waals surface area (Å²) >= 11 is 1.62. The molecule has 0 saturated carbocycles. The molecule has 1 aromatic carbocycles. The summed E-state index contributed by atoms with van der Waals surface area (Å²) in [5, 5.41) is 3.46. The second-order valence-corrected chi connectivity index (χ2v) is 5.86. The van der Waals surface area contributed by atoms with Crippen LogP contribution in [0.4, 0.5) is 11.4 Å². The largest absolute Gasteiger partial charge is 0.395 e. The van der Waals surface area contributed by atoms with Crippen LogP contribution in [-0.2, 0) is 4.74 Å². The fourth-order valence-corrected chi connectivity index (χ4v) is 3.42. The second-order valence-electron chi connectivity index (χ2n) is 4.97. The number of ether oxygens (including phenoxy) is 1. The molecule has 0 spiro atoms. The van der Waals surface area contributed by atoms with Crippen molar-refractivity contribution in [1.29, 1.82) is 0 Å². The number of nitrogen functional groups attached to an aromatic ring is 1. The van der Waals surface area contributed by atoms with E-state index in [1.165, 1.54) is 0 Å². The third-order valence-corrected chi connectivity index (χ3v) is 4.64. The number of benzene rings is 1. The Morgan fingerprint density at radius 2 is 2.42 bits per heavy atom.